The Kier molecular flexibility index (Phi) is 7.32. The molecule has 3 aromatic rings. The van der Waals surface area contributed by atoms with E-state index in [1.54, 1.807) is 47.4 Å². The highest BCUT2D eigenvalue weighted by molar-refractivity contribution is 7.17. The summed E-state index contributed by atoms with van der Waals surface area (Å²) in [7, 11) is 5.21. The van der Waals surface area contributed by atoms with Gasteiger partial charge in [-0.25, -0.2) is 8.78 Å². The molecule has 2 aromatic heterocycles. The molecule has 0 bridgehead atoms. The first-order valence-corrected chi connectivity index (χ1v) is 15.0. The van der Waals surface area contributed by atoms with Crippen molar-refractivity contribution in [2.45, 2.75) is 57.7 Å². The van der Waals surface area contributed by atoms with Crippen LogP contribution in [0.15, 0.2) is 12.3 Å². The Morgan fingerprint density at radius 1 is 1.21 bits per heavy atom. The predicted octanol–water partition coefficient (Wildman–Crippen LogP) is 5.35. The number of rotatable bonds is 8. The Morgan fingerprint density at radius 2 is 1.98 bits per heavy atom. The summed E-state index contributed by atoms with van der Waals surface area (Å²) in [6, 6.07) is 1.75. The van der Waals surface area contributed by atoms with E-state index in [2.05, 4.69) is 22.0 Å². The smallest absolute Gasteiger partial charge is 0.318 e. The van der Waals surface area contributed by atoms with Crippen LogP contribution >= 0.6 is 9.24 Å². The van der Waals surface area contributed by atoms with E-state index in [0.717, 1.165) is 37.3 Å². The van der Waals surface area contributed by atoms with Crippen LogP contribution in [0, 0.1) is 18.3 Å². The standard InChI is InChI=1S/C29H38F4N7OP/c1-17-6-5-8-40(12-17)25-19-7-9-39(24-20-11-34-37-21(20)10-18(2)23(24)29(32,33)42)13-22(19)35-26(36-25)41-16-27(15-38(3)4)14-28(27,30)31/h10-11,17H,5-9,12-16,42H2,1-4H3,(H,34,37)/t17?,27-/m1/s1. The van der Waals surface area contributed by atoms with Crippen LogP contribution in [0.5, 0.6) is 6.01 Å². The van der Waals surface area contributed by atoms with E-state index in [1.807, 2.05) is 4.90 Å². The Labute approximate surface area is 245 Å². The maximum absolute atomic E-state index is 15.0. The highest BCUT2D eigenvalue weighted by Crippen LogP contribution is 2.60. The van der Waals surface area contributed by atoms with Crippen LogP contribution in [-0.2, 0) is 18.6 Å². The van der Waals surface area contributed by atoms with Crippen molar-refractivity contribution in [3.8, 4) is 6.01 Å². The van der Waals surface area contributed by atoms with E-state index >= 15 is 8.78 Å². The zero-order valence-corrected chi connectivity index (χ0v) is 25.6. The van der Waals surface area contributed by atoms with Crippen LogP contribution in [0.1, 0.15) is 48.6 Å². The van der Waals surface area contributed by atoms with Gasteiger partial charge >= 0.3 is 6.01 Å². The van der Waals surface area contributed by atoms with Gasteiger partial charge < -0.3 is 19.4 Å². The molecule has 3 atom stereocenters. The molecule has 8 nitrogen and oxygen atoms in total. The van der Waals surface area contributed by atoms with E-state index in [1.165, 1.54) is 0 Å². The van der Waals surface area contributed by atoms with E-state index in [9.17, 15) is 8.78 Å². The van der Waals surface area contributed by atoms with E-state index in [-0.39, 0.29) is 37.7 Å². The summed E-state index contributed by atoms with van der Waals surface area (Å²) in [6.45, 7) is 6.27. The monoisotopic (exact) mass is 607 g/mol. The Bertz CT molecular complexity index is 1490. The van der Waals surface area contributed by atoms with Crippen LogP contribution in [0.3, 0.4) is 0 Å². The van der Waals surface area contributed by atoms with E-state index in [0.29, 0.717) is 46.7 Å². The van der Waals surface area contributed by atoms with Crippen LogP contribution in [0.2, 0.25) is 0 Å². The molecule has 1 N–H and O–H groups in total. The number of nitrogens with one attached hydrogen (secondary N) is 1. The third-order valence-corrected chi connectivity index (χ3v) is 9.14. The Hall–Kier alpha value is -2.72. The SMILES string of the molecule is Cc1cc2[nH]ncc2c(N2CCc3c(nc(OC[C@]4(CN(C)C)CC4(F)F)nc3N3CCCC(C)C3)C2)c1C(F)(F)P. The predicted molar refractivity (Wildman–Crippen MR) is 158 cm³/mol. The maximum atomic E-state index is 15.0. The number of H-pyrrole nitrogens is 1. The number of nitrogens with zero attached hydrogens (tertiary/aromatic N) is 6. The first-order valence-electron chi connectivity index (χ1n) is 14.5. The number of hydrogen-bond acceptors (Lipinski definition) is 7. The molecule has 13 heteroatoms. The fourth-order valence-electron chi connectivity index (χ4n) is 6.80. The van der Waals surface area contributed by atoms with Gasteiger partial charge in [-0.05, 0) is 57.8 Å². The lowest BCUT2D eigenvalue weighted by Crippen LogP contribution is -2.39. The molecular weight excluding hydrogens is 569 g/mol. The molecule has 1 saturated heterocycles. The normalized spacial score (nSPS) is 23.9. The molecule has 2 fully saturated rings. The van der Waals surface area contributed by atoms with E-state index < -0.39 is 17.0 Å². The van der Waals surface area contributed by atoms with Gasteiger partial charge in [0.05, 0.1) is 40.6 Å². The van der Waals surface area contributed by atoms with Crippen molar-refractivity contribution in [2.75, 3.05) is 56.7 Å². The molecule has 2 unspecified atom stereocenters. The van der Waals surface area contributed by atoms with Crippen LogP contribution < -0.4 is 14.5 Å². The second-order valence-corrected chi connectivity index (χ2v) is 13.4. The zero-order chi connectivity index (χ0) is 30.0. The first kappa shape index (κ1) is 29.4. The fraction of sp³-hybridized carbons (Fsp3) is 0.621. The fourth-order valence-corrected chi connectivity index (χ4v) is 7.17. The molecule has 42 heavy (non-hydrogen) atoms. The van der Waals surface area contributed by atoms with Crippen molar-refractivity contribution in [1.29, 1.82) is 0 Å². The largest absolute Gasteiger partial charge is 0.463 e. The molecular formula is C29H38F4N7OP. The number of aromatic amines is 1. The maximum Gasteiger partial charge on any atom is 0.318 e. The van der Waals surface area contributed by atoms with Gasteiger partial charge in [-0.2, -0.15) is 23.8 Å². The van der Waals surface area contributed by atoms with Gasteiger partial charge in [-0.3, -0.25) is 5.10 Å². The molecule has 0 radical (unpaired) electrons. The Balaban J connectivity index is 1.39. The lowest BCUT2D eigenvalue weighted by Gasteiger charge is -2.37. The molecule has 3 aliphatic rings. The molecule has 0 spiro atoms. The number of benzene rings is 1. The summed E-state index contributed by atoms with van der Waals surface area (Å²) >= 11 is 0. The molecule has 4 heterocycles. The highest BCUT2D eigenvalue weighted by Gasteiger charge is 2.71. The van der Waals surface area contributed by atoms with Gasteiger partial charge in [0.25, 0.3) is 11.6 Å². The molecule has 2 aliphatic heterocycles. The molecule has 0 amide bonds. The van der Waals surface area contributed by atoms with Crippen molar-refractivity contribution in [2.24, 2.45) is 11.3 Å². The second-order valence-electron chi connectivity index (χ2n) is 12.7. The average molecular weight is 608 g/mol. The number of hydrogen-bond donors (Lipinski definition) is 1. The summed E-state index contributed by atoms with van der Waals surface area (Å²) in [6.07, 6.45) is 4.04. The summed E-state index contributed by atoms with van der Waals surface area (Å²) in [4.78, 5) is 15.4. The molecule has 1 aliphatic carbocycles. The molecule has 1 aromatic carbocycles. The third-order valence-electron chi connectivity index (χ3n) is 8.85. The van der Waals surface area contributed by atoms with Crippen molar-refractivity contribution < 1.29 is 22.3 Å². The number of halogens is 4. The minimum Gasteiger partial charge on any atom is -0.463 e. The quantitative estimate of drug-likeness (QED) is 0.274. The van der Waals surface area contributed by atoms with Gasteiger partial charge in [0.2, 0.25) is 0 Å². The minimum atomic E-state index is -3.16. The first-order chi connectivity index (χ1) is 19.8. The second kappa shape index (κ2) is 10.5. The zero-order valence-electron chi connectivity index (χ0n) is 24.5. The molecule has 228 valence electrons. The van der Waals surface area contributed by atoms with Gasteiger partial charge in [-0.15, -0.1) is 0 Å². The van der Waals surface area contributed by atoms with Crippen molar-refractivity contribution in [3.63, 3.8) is 0 Å². The van der Waals surface area contributed by atoms with Crippen molar-refractivity contribution in [1.82, 2.24) is 25.1 Å². The van der Waals surface area contributed by atoms with Gasteiger partial charge in [0.15, 0.2) is 0 Å². The highest BCUT2D eigenvalue weighted by atomic mass is 31.0. The van der Waals surface area contributed by atoms with Gasteiger partial charge in [0, 0.05) is 43.5 Å². The van der Waals surface area contributed by atoms with Gasteiger partial charge in [0.1, 0.15) is 12.4 Å². The number of alkyl halides is 4. The van der Waals surface area contributed by atoms with Crippen LogP contribution in [-0.4, -0.2) is 77.9 Å². The van der Waals surface area contributed by atoms with E-state index in [4.69, 9.17) is 14.7 Å². The van der Waals surface area contributed by atoms with Crippen LogP contribution in [0.4, 0.5) is 29.1 Å². The lowest BCUT2D eigenvalue weighted by atomic mass is 9.97. The third kappa shape index (κ3) is 5.29. The number of aryl methyl sites for hydroxylation is 1. The minimum absolute atomic E-state index is 0.0546. The number of anilines is 2. The molecule has 1 saturated carbocycles. The number of ether oxygens (including phenoxy) is 1. The summed E-state index contributed by atoms with van der Waals surface area (Å²) in [5.74, 6) is -1.57. The van der Waals surface area contributed by atoms with Gasteiger partial charge in [-0.1, -0.05) is 16.2 Å². The average Bonchev–Trinajstić information content (AvgIpc) is 3.18. The molecule has 6 rings (SSSR count). The summed E-state index contributed by atoms with van der Waals surface area (Å²) in [5.41, 5.74) is -1.33. The topological polar surface area (TPSA) is 73.4 Å². The summed E-state index contributed by atoms with van der Waals surface area (Å²) < 4.78 is 65.0. The number of piperidine rings is 1. The van der Waals surface area contributed by atoms with Crippen LogP contribution in [0.25, 0.3) is 10.9 Å². The lowest BCUT2D eigenvalue weighted by molar-refractivity contribution is 0.0287. The Morgan fingerprint density at radius 3 is 2.64 bits per heavy atom. The number of aromatic nitrogens is 4. The van der Waals surface area contributed by atoms with Crippen molar-refractivity contribution in [3.05, 3.63) is 34.6 Å². The number of fused-ring (bicyclic) bond motifs is 2. The van der Waals surface area contributed by atoms with Crippen molar-refractivity contribution >= 4 is 31.6 Å². The summed E-state index contributed by atoms with van der Waals surface area (Å²) in [5, 5.41) is 7.65.